The van der Waals surface area contributed by atoms with Gasteiger partial charge in [-0.05, 0) is 24.1 Å². The molecule has 4 N–H and O–H groups in total. The smallest absolute Gasteiger partial charge is 0.407 e. The third-order valence-corrected chi connectivity index (χ3v) is 6.00. The van der Waals surface area contributed by atoms with Crippen molar-refractivity contribution in [1.82, 2.24) is 30.2 Å². The minimum atomic E-state index is -0.453. The van der Waals surface area contributed by atoms with Crippen LogP contribution in [0.2, 0.25) is 0 Å². The van der Waals surface area contributed by atoms with Gasteiger partial charge in [0.1, 0.15) is 12.1 Å². The highest BCUT2D eigenvalue weighted by atomic mass is 16.5. The van der Waals surface area contributed by atoms with Crippen molar-refractivity contribution in [2.24, 2.45) is 0 Å². The summed E-state index contributed by atoms with van der Waals surface area (Å²) in [5, 5.41) is 6.87. The average Bonchev–Trinajstić information content (AvgIpc) is 3.57. The SMILES string of the molecule is C=C(C)CNCCOC(=O)NCc1ccc(Cn2c(-c3cnco3)nc3c(N)nc4ccccc4c32)cc1. The Hall–Kier alpha value is -4.70. The third-order valence-electron chi connectivity index (χ3n) is 6.00. The van der Waals surface area contributed by atoms with Crippen LogP contribution in [0.5, 0.6) is 0 Å². The van der Waals surface area contributed by atoms with E-state index in [0.717, 1.165) is 33.1 Å². The van der Waals surface area contributed by atoms with Crippen LogP contribution in [0.15, 0.2) is 77.7 Å². The van der Waals surface area contributed by atoms with Crippen molar-refractivity contribution in [3.8, 4) is 11.6 Å². The number of hydrogen-bond donors (Lipinski definition) is 3. The Balaban J connectivity index is 1.32. The van der Waals surface area contributed by atoms with Crippen LogP contribution in [-0.2, 0) is 17.8 Å². The van der Waals surface area contributed by atoms with Crippen LogP contribution in [-0.4, -0.2) is 45.3 Å². The van der Waals surface area contributed by atoms with Gasteiger partial charge in [-0.15, -0.1) is 0 Å². The van der Waals surface area contributed by atoms with Gasteiger partial charge in [0.15, 0.2) is 23.8 Å². The summed E-state index contributed by atoms with van der Waals surface area (Å²) in [7, 11) is 0. The number of nitrogens with two attached hydrogens (primary N) is 1. The number of para-hydroxylation sites is 1. The second-order valence-electron chi connectivity index (χ2n) is 9.04. The number of aromatic nitrogens is 4. The number of rotatable bonds is 10. The highest BCUT2D eigenvalue weighted by Gasteiger charge is 2.20. The number of imidazole rings is 1. The standard InChI is InChI=1S/C28H29N7O3/c1-18(2)13-30-11-12-37-28(36)32-14-19-7-9-20(10-8-19)16-35-25-21-5-3-4-6-22(21)33-26(29)24(25)34-27(35)23-15-31-17-38-23/h3-10,15,17,30H,1,11-14,16H2,2H3,(H2,29,33)(H,32,36). The summed E-state index contributed by atoms with van der Waals surface area (Å²) < 4.78 is 12.9. The Morgan fingerprint density at radius 1 is 1.13 bits per heavy atom. The van der Waals surface area contributed by atoms with Crippen LogP contribution in [0.1, 0.15) is 18.1 Å². The molecule has 194 valence electrons. The fourth-order valence-corrected chi connectivity index (χ4v) is 4.21. The van der Waals surface area contributed by atoms with Gasteiger partial charge >= 0.3 is 6.09 Å². The van der Waals surface area contributed by atoms with Gasteiger partial charge in [-0.2, -0.15) is 0 Å². The first kappa shape index (κ1) is 25.0. The Morgan fingerprint density at radius 3 is 2.68 bits per heavy atom. The number of pyridine rings is 1. The molecule has 5 rings (SSSR count). The van der Waals surface area contributed by atoms with Gasteiger partial charge in [-0.3, -0.25) is 0 Å². The molecule has 38 heavy (non-hydrogen) atoms. The molecule has 0 radical (unpaired) electrons. The van der Waals surface area contributed by atoms with Crippen molar-refractivity contribution in [2.45, 2.75) is 20.0 Å². The molecule has 0 aliphatic heterocycles. The van der Waals surface area contributed by atoms with E-state index < -0.39 is 6.09 Å². The number of carbonyl (C=O) groups is 1. The molecular weight excluding hydrogens is 482 g/mol. The number of nitrogen functional groups attached to an aromatic ring is 1. The molecule has 0 bridgehead atoms. The zero-order chi connectivity index (χ0) is 26.5. The Labute approximate surface area is 219 Å². The van der Waals surface area contributed by atoms with Gasteiger partial charge < -0.3 is 30.1 Å². The lowest BCUT2D eigenvalue weighted by atomic mass is 10.1. The van der Waals surface area contributed by atoms with E-state index in [0.29, 0.717) is 55.7 Å². The van der Waals surface area contributed by atoms with Gasteiger partial charge in [0, 0.05) is 31.6 Å². The van der Waals surface area contributed by atoms with Gasteiger partial charge in [-0.1, -0.05) is 54.6 Å². The summed E-state index contributed by atoms with van der Waals surface area (Å²) in [6.07, 6.45) is 2.56. The van der Waals surface area contributed by atoms with Crippen molar-refractivity contribution < 1.29 is 13.9 Å². The number of ether oxygens (including phenoxy) is 1. The lowest BCUT2D eigenvalue weighted by Crippen LogP contribution is -2.28. The van der Waals surface area contributed by atoms with Crippen molar-refractivity contribution in [1.29, 1.82) is 0 Å². The number of hydrogen-bond acceptors (Lipinski definition) is 8. The first-order valence-electron chi connectivity index (χ1n) is 12.3. The molecule has 10 heteroatoms. The number of carbonyl (C=O) groups excluding carboxylic acids is 1. The summed E-state index contributed by atoms with van der Waals surface area (Å²) in [6, 6.07) is 15.8. The monoisotopic (exact) mass is 511 g/mol. The number of fused-ring (bicyclic) bond motifs is 3. The highest BCUT2D eigenvalue weighted by molar-refractivity contribution is 6.07. The van der Waals surface area contributed by atoms with E-state index in [1.54, 1.807) is 6.20 Å². The van der Waals surface area contributed by atoms with Crippen LogP contribution >= 0.6 is 0 Å². The highest BCUT2D eigenvalue weighted by Crippen LogP contribution is 2.33. The van der Waals surface area contributed by atoms with Gasteiger partial charge in [-0.25, -0.2) is 19.7 Å². The van der Waals surface area contributed by atoms with E-state index in [9.17, 15) is 4.79 Å². The molecule has 1 amide bonds. The molecule has 3 aromatic heterocycles. The summed E-state index contributed by atoms with van der Waals surface area (Å²) in [5.41, 5.74) is 11.6. The molecule has 0 aliphatic carbocycles. The van der Waals surface area contributed by atoms with Crippen LogP contribution in [0, 0.1) is 0 Å². The Bertz CT molecular complexity index is 1570. The van der Waals surface area contributed by atoms with E-state index in [-0.39, 0.29) is 0 Å². The first-order valence-corrected chi connectivity index (χ1v) is 12.3. The zero-order valence-corrected chi connectivity index (χ0v) is 21.1. The summed E-state index contributed by atoms with van der Waals surface area (Å²) >= 11 is 0. The van der Waals surface area contributed by atoms with Gasteiger partial charge in [0.05, 0.1) is 17.2 Å². The largest absolute Gasteiger partial charge is 0.448 e. The predicted octanol–water partition coefficient (Wildman–Crippen LogP) is 4.26. The van der Waals surface area contributed by atoms with E-state index in [1.807, 2.05) is 55.5 Å². The van der Waals surface area contributed by atoms with Crippen LogP contribution in [0.4, 0.5) is 10.6 Å². The number of amides is 1. The number of nitrogens with one attached hydrogen (secondary N) is 2. The molecule has 3 heterocycles. The fraction of sp³-hybridized carbons (Fsp3) is 0.214. The molecule has 0 unspecified atom stereocenters. The Morgan fingerprint density at radius 2 is 1.92 bits per heavy atom. The first-order chi connectivity index (χ1) is 18.5. The normalized spacial score (nSPS) is 11.2. The molecule has 2 aromatic carbocycles. The Kier molecular flexibility index (Phi) is 7.32. The number of nitrogens with zero attached hydrogens (tertiary/aromatic N) is 4. The number of anilines is 1. The van der Waals surface area contributed by atoms with Crippen molar-refractivity contribution in [3.63, 3.8) is 0 Å². The van der Waals surface area contributed by atoms with Crippen LogP contribution < -0.4 is 16.4 Å². The van der Waals surface area contributed by atoms with Crippen LogP contribution in [0.25, 0.3) is 33.5 Å². The van der Waals surface area contributed by atoms with Gasteiger partial charge in [0.2, 0.25) is 0 Å². The second kappa shape index (κ2) is 11.1. The molecule has 0 saturated heterocycles. The van der Waals surface area contributed by atoms with E-state index in [4.69, 9.17) is 19.9 Å². The van der Waals surface area contributed by atoms with Crippen molar-refractivity contribution >= 4 is 33.8 Å². The minimum Gasteiger partial charge on any atom is -0.448 e. The van der Waals surface area contributed by atoms with E-state index in [1.165, 1.54) is 6.39 Å². The lowest BCUT2D eigenvalue weighted by Gasteiger charge is -2.11. The molecule has 0 fully saturated rings. The summed E-state index contributed by atoms with van der Waals surface area (Å²) in [5.74, 6) is 1.52. The average molecular weight is 512 g/mol. The van der Waals surface area contributed by atoms with E-state index >= 15 is 0 Å². The molecule has 5 aromatic rings. The molecular formula is C28H29N7O3. The van der Waals surface area contributed by atoms with Crippen LogP contribution in [0.3, 0.4) is 0 Å². The second-order valence-corrected chi connectivity index (χ2v) is 9.04. The molecule has 0 atom stereocenters. The summed E-state index contributed by atoms with van der Waals surface area (Å²) in [6.45, 7) is 8.21. The predicted molar refractivity (Wildman–Crippen MR) is 146 cm³/mol. The number of alkyl carbamates (subject to hydrolysis) is 1. The molecule has 0 spiro atoms. The zero-order valence-electron chi connectivity index (χ0n) is 21.1. The van der Waals surface area contributed by atoms with Crippen molar-refractivity contribution in [3.05, 3.63) is 84.4 Å². The number of benzene rings is 2. The lowest BCUT2D eigenvalue weighted by molar-refractivity contribution is 0.146. The third kappa shape index (κ3) is 5.50. The molecule has 10 nitrogen and oxygen atoms in total. The summed E-state index contributed by atoms with van der Waals surface area (Å²) in [4.78, 5) is 25.4. The van der Waals surface area contributed by atoms with Crippen molar-refractivity contribution in [2.75, 3.05) is 25.4 Å². The quantitative estimate of drug-likeness (QED) is 0.187. The maximum Gasteiger partial charge on any atom is 0.407 e. The van der Waals surface area contributed by atoms with E-state index in [2.05, 4.69) is 31.7 Å². The molecule has 0 saturated carbocycles. The van der Waals surface area contributed by atoms with Gasteiger partial charge in [0.25, 0.3) is 0 Å². The fourth-order valence-electron chi connectivity index (χ4n) is 4.21. The topological polar surface area (TPSA) is 133 Å². The molecule has 0 aliphatic rings. The maximum atomic E-state index is 12.0. The number of oxazole rings is 1. The maximum absolute atomic E-state index is 12.0. The minimum absolute atomic E-state index is 0.291.